The van der Waals surface area contributed by atoms with Crippen LogP contribution in [0.4, 0.5) is 0 Å². The fourth-order valence-corrected chi connectivity index (χ4v) is 6.77. The topological polar surface area (TPSA) is 63.6 Å². The normalized spacial score (nSPS) is 12.0. The number of esters is 1. The third-order valence-electron chi connectivity index (χ3n) is 9.81. The summed E-state index contributed by atoms with van der Waals surface area (Å²) in [5.74, 6) is -0.620. The molecule has 0 aliphatic carbocycles. The van der Waals surface area contributed by atoms with Gasteiger partial charge in [0.05, 0.1) is 0 Å². The molecule has 0 saturated carbocycles. The lowest BCUT2D eigenvalue weighted by atomic mass is 10.0. The van der Waals surface area contributed by atoms with E-state index in [1.54, 1.807) is 0 Å². The molecule has 0 aromatic rings. The highest BCUT2D eigenvalue weighted by molar-refractivity contribution is 5.69. The molecule has 274 valence electrons. The zero-order chi connectivity index (χ0) is 33.6. The minimum atomic E-state index is -0.660. The Morgan fingerprint density at radius 1 is 0.391 bits per heavy atom. The van der Waals surface area contributed by atoms with Gasteiger partial charge in [-0.05, 0) is 32.1 Å². The van der Waals surface area contributed by atoms with Crippen LogP contribution >= 0.6 is 0 Å². The van der Waals surface area contributed by atoms with Gasteiger partial charge < -0.3 is 9.84 Å². The van der Waals surface area contributed by atoms with Crippen LogP contribution in [0.1, 0.15) is 251 Å². The predicted octanol–water partition coefficient (Wildman–Crippen LogP) is 14.5. The van der Waals surface area contributed by atoms with Crippen molar-refractivity contribution in [3.63, 3.8) is 0 Å². The molecule has 0 aromatic carbocycles. The molecule has 0 aliphatic heterocycles. The highest BCUT2D eigenvalue weighted by atomic mass is 16.5. The maximum absolute atomic E-state index is 12.4. The Morgan fingerprint density at radius 3 is 1.02 bits per heavy atom. The van der Waals surface area contributed by atoms with E-state index in [0.717, 1.165) is 38.5 Å². The van der Waals surface area contributed by atoms with Gasteiger partial charge in [0.15, 0.2) is 0 Å². The van der Waals surface area contributed by atoms with Gasteiger partial charge in [-0.1, -0.05) is 206 Å². The number of ether oxygens (including phenoxy) is 1. The molecule has 4 heteroatoms. The standard InChI is InChI=1S/C42H82O4/c1-3-5-6-7-8-9-10-11-15-20-23-26-29-32-35-39-42(45)46-40(36-4-2)37-33-30-27-24-21-18-16-13-12-14-17-19-22-25-28-31-34-38-41(43)44/h40H,3-39H2,1-2H3,(H,43,44). The lowest BCUT2D eigenvalue weighted by molar-refractivity contribution is -0.150. The number of carboxylic acid groups (broad SMARTS) is 1. The van der Waals surface area contributed by atoms with Crippen molar-refractivity contribution in [3.05, 3.63) is 0 Å². The molecule has 1 N–H and O–H groups in total. The molecule has 0 aliphatic rings. The molecule has 4 nitrogen and oxygen atoms in total. The van der Waals surface area contributed by atoms with Crippen molar-refractivity contribution in [2.45, 2.75) is 258 Å². The first-order valence-electron chi connectivity index (χ1n) is 21.0. The predicted molar refractivity (Wildman–Crippen MR) is 200 cm³/mol. The van der Waals surface area contributed by atoms with Gasteiger partial charge in [-0.25, -0.2) is 0 Å². The Balaban J connectivity index is 3.46. The monoisotopic (exact) mass is 651 g/mol. The Bertz CT molecular complexity index is 619. The molecule has 0 amide bonds. The molecule has 0 saturated heterocycles. The summed E-state index contributed by atoms with van der Waals surface area (Å²) < 4.78 is 5.89. The second-order valence-electron chi connectivity index (χ2n) is 14.5. The minimum Gasteiger partial charge on any atom is -0.481 e. The van der Waals surface area contributed by atoms with E-state index in [0.29, 0.717) is 12.8 Å². The zero-order valence-corrected chi connectivity index (χ0v) is 31.4. The second-order valence-corrected chi connectivity index (χ2v) is 14.5. The van der Waals surface area contributed by atoms with Crippen LogP contribution < -0.4 is 0 Å². The summed E-state index contributed by atoms with van der Waals surface area (Å²) in [6.45, 7) is 4.49. The number of aliphatic carboxylic acids is 1. The molecule has 0 radical (unpaired) electrons. The summed E-state index contributed by atoms with van der Waals surface area (Å²) >= 11 is 0. The van der Waals surface area contributed by atoms with E-state index in [4.69, 9.17) is 9.84 Å². The van der Waals surface area contributed by atoms with Gasteiger partial charge in [0.1, 0.15) is 6.10 Å². The van der Waals surface area contributed by atoms with Crippen molar-refractivity contribution < 1.29 is 19.4 Å². The molecule has 1 unspecified atom stereocenters. The fraction of sp³-hybridized carbons (Fsp3) is 0.952. The van der Waals surface area contributed by atoms with Crippen LogP contribution in [0.15, 0.2) is 0 Å². The Morgan fingerprint density at radius 2 is 0.696 bits per heavy atom. The highest BCUT2D eigenvalue weighted by Crippen LogP contribution is 2.18. The van der Waals surface area contributed by atoms with Crippen molar-refractivity contribution in [1.82, 2.24) is 0 Å². The average Bonchev–Trinajstić information content (AvgIpc) is 3.03. The molecule has 46 heavy (non-hydrogen) atoms. The third kappa shape index (κ3) is 37.4. The Hall–Kier alpha value is -1.06. The number of carbonyl (C=O) groups is 2. The van der Waals surface area contributed by atoms with Crippen LogP contribution in [0.5, 0.6) is 0 Å². The van der Waals surface area contributed by atoms with Crippen LogP contribution in [-0.4, -0.2) is 23.1 Å². The summed E-state index contributed by atoms with van der Waals surface area (Å²) in [5, 5.41) is 8.66. The molecular weight excluding hydrogens is 568 g/mol. The van der Waals surface area contributed by atoms with E-state index in [1.807, 2.05) is 0 Å². The van der Waals surface area contributed by atoms with Gasteiger partial charge in [-0.15, -0.1) is 0 Å². The molecule has 0 heterocycles. The van der Waals surface area contributed by atoms with E-state index < -0.39 is 5.97 Å². The summed E-state index contributed by atoms with van der Waals surface area (Å²) in [6, 6.07) is 0. The van der Waals surface area contributed by atoms with Gasteiger partial charge in [0, 0.05) is 12.8 Å². The fourth-order valence-electron chi connectivity index (χ4n) is 6.77. The lowest BCUT2D eigenvalue weighted by Gasteiger charge is -2.17. The summed E-state index contributed by atoms with van der Waals surface area (Å²) in [6.07, 6.45) is 46.3. The summed E-state index contributed by atoms with van der Waals surface area (Å²) in [5.41, 5.74) is 0. The number of rotatable bonds is 39. The van der Waals surface area contributed by atoms with Gasteiger partial charge in [0.25, 0.3) is 0 Å². The molecular formula is C42H82O4. The molecule has 0 aromatic heterocycles. The Kier molecular flexibility index (Phi) is 37.5. The average molecular weight is 651 g/mol. The Labute approximate surface area is 288 Å². The van der Waals surface area contributed by atoms with Gasteiger partial charge >= 0.3 is 11.9 Å². The maximum atomic E-state index is 12.4. The smallest absolute Gasteiger partial charge is 0.306 e. The lowest BCUT2D eigenvalue weighted by Crippen LogP contribution is -2.18. The van der Waals surface area contributed by atoms with Crippen LogP contribution in [-0.2, 0) is 14.3 Å². The number of unbranched alkanes of at least 4 members (excludes halogenated alkanes) is 30. The van der Waals surface area contributed by atoms with Gasteiger partial charge in [-0.2, -0.15) is 0 Å². The van der Waals surface area contributed by atoms with Crippen molar-refractivity contribution in [3.8, 4) is 0 Å². The molecule has 0 bridgehead atoms. The SMILES string of the molecule is CCCCCCCCCCCCCCCCCC(=O)OC(CCC)CCCCCCCCCCCCCCCCCCCC(=O)O. The van der Waals surface area contributed by atoms with Crippen molar-refractivity contribution >= 4 is 11.9 Å². The second kappa shape index (κ2) is 38.4. The molecule has 1 atom stereocenters. The van der Waals surface area contributed by atoms with Crippen molar-refractivity contribution in [2.24, 2.45) is 0 Å². The van der Waals surface area contributed by atoms with E-state index >= 15 is 0 Å². The van der Waals surface area contributed by atoms with Crippen molar-refractivity contribution in [1.29, 1.82) is 0 Å². The summed E-state index contributed by atoms with van der Waals surface area (Å²) in [4.78, 5) is 22.9. The maximum Gasteiger partial charge on any atom is 0.306 e. The highest BCUT2D eigenvalue weighted by Gasteiger charge is 2.13. The van der Waals surface area contributed by atoms with Gasteiger partial charge in [0.2, 0.25) is 0 Å². The largest absolute Gasteiger partial charge is 0.481 e. The van der Waals surface area contributed by atoms with E-state index in [2.05, 4.69) is 13.8 Å². The first kappa shape index (κ1) is 44.9. The van der Waals surface area contributed by atoms with E-state index in [-0.39, 0.29) is 12.1 Å². The number of carbonyl (C=O) groups excluding carboxylic acids is 1. The van der Waals surface area contributed by atoms with E-state index in [9.17, 15) is 9.59 Å². The number of hydrogen-bond acceptors (Lipinski definition) is 3. The van der Waals surface area contributed by atoms with Crippen LogP contribution in [0, 0.1) is 0 Å². The van der Waals surface area contributed by atoms with Crippen LogP contribution in [0.25, 0.3) is 0 Å². The minimum absolute atomic E-state index is 0.0399. The van der Waals surface area contributed by atoms with Gasteiger partial charge in [-0.3, -0.25) is 9.59 Å². The molecule has 0 rings (SSSR count). The van der Waals surface area contributed by atoms with E-state index in [1.165, 1.54) is 186 Å². The van der Waals surface area contributed by atoms with Crippen LogP contribution in [0.3, 0.4) is 0 Å². The number of carboxylic acids is 1. The summed E-state index contributed by atoms with van der Waals surface area (Å²) in [7, 11) is 0. The zero-order valence-electron chi connectivity index (χ0n) is 31.4. The molecule has 0 spiro atoms. The first-order valence-corrected chi connectivity index (χ1v) is 21.0. The molecule has 0 fully saturated rings. The first-order chi connectivity index (χ1) is 22.6. The van der Waals surface area contributed by atoms with Crippen molar-refractivity contribution in [2.75, 3.05) is 0 Å². The van der Waals surface area contributed by atoms with Crippen LogP contribution in [0.2, 0.25) is 0 Å². The third-order valence-corrected chi connectivity index (χ3v) is 9.81. The number of hydrogen-bond donors (Lipinski definition) is 1. The quantitative estimate of drug-likeness (QED) is 0.0531.